The molecule has 0 aliphatic heterocycles. The molecule has 0 aliphatic carbocycles. The molecule has 0 atom stereocenters. The largest absolute Gasteiger partial charge is 0.480 e. The summed E-state index contributed by atoms with van der Waals surface area (Å²) in [4.78, 5) is 37.8. The molecule has 2 heterocycles. The van der Waals surface area contributed by atoms with Gasteiger partial charge in [-0.3, -0.25) is 19.1 Å². The van der Waals surface area contributed by atoms with Crippen LogP contribution in [0.5, 0.6) is 0 Å². The van der Waals surface area contributed by atoms with Gasteiger partial charge in [0.25, 0.3) is 5.56 Å². The Morgan fingerprint density at radius 1 is 1.50 bits per heavy atom. The van der Waals surface area contributed by atoms with Gasteiger partial charge in [0.05, 0.1) is 12.9 Å². The fourth-order valence-corrected chi connectivity index (χ4v) is 1.26. The molecule has 18 heavy (non-hydrogen) atoms. The second-order valence-electron chi connectivity index (χ2n) is 3.44. The molecule has 0 fully saturated rings. The van der Waals surface area contributed by atoms with Gasteiger partial charge in [-0.1, -0.05) is 0 Å². The van der Waals surface area contributed by atoms with Crippen molar-refractivity contribution in [3.63, 3.8) is 0 Å². The minimum absolute atomic E-state index is 0.278. The van der Waals surface area contributed by atoms with E-state index in [1.165, 1.54) is 10.9 Å². The molecular weight excluding hydrogens is 242 g/mol. The number of carboxylic acids is 1. The predicted octanol–water partition coefficient (Wildman–Crippen LogP) is -2.01. The zero-order chi connectivity index (χ0) is 13.9. The number of aryl methyl sites for hydroxylation is 2. The van der Waals surface area contributed by atoms with E-state index in [1.807, 2.05) is 0 Å². The van der Waals surface area contributed by atoms with E-state index < -0.39 is 17.2 Å². The van der Waals surface area contributed by atoms with Gasteiger partial charge in [-0.05, 0) is 0 Å². The molecule has 0 amide bonds. The van der Waals surface area contributed by atoms with Crippen molar-refractivity contribution in [3.8, 4) is 0 Å². The monoisotopic (exact) mass is 255 g/mol. The van der Waals surface area contributed by atoms with Gasteiger partial charge in [0.2, 0.25) is 0 Å². The Balaban J connectivity index is 0.000000280. The maximum atomic E-state index is 11.3. The number of hydrogen-bond acceptors (Lipinski definition) is 5. The second kappa shape index (κ2) is 5.27. The second-order valence-corrected chi connectivity index (χ2v) is 3.44. The fraction of sp³-hybridized carbons (Fsp3) is 0.333. The molecule has 0 bridgehead atoms. The summed E-state index contributed by atoms with van der Waals surface area (Å²) in [7, 11) is 3.27. The lowest BCUT2D eigenvalue weighted by Crippen LogP contribution is -2.28. The third-order valence-corrected chi connectivity index (χ3v) is 2.15. The minimum atomic E-state index is -0.968. The molecule has 0 saturated heterocycles. The highest BCUT2D eigenvalue weighted by Gasteiger charge is 2.08. The van der Waals surface area contributed by atoms with Crippen LogP contribution in [-0.4, -0.2) is 36.7 Å². The number of imidazole rings is 1. The van der Waals surface area contributed by atoms with Crippen LogP contribution >= 0.6 is 0 Å². The summed E-state index contributed by atoms with van der Waals surface area (Å²) in [6, 6.07) is 0. The Morgan fingerprint density at radius 2 is 2.06 bits per heavy atom. The maximum Gasteiger partial charge on any atom is 0.329 e. The van der Waals surface area contributed by atoms with Crippen molar-refractivity contribution in [2.45, 2.75) is 0 Å². The normalized spacial score (nSPS) is 9.94. The standard InChI is InChI=1S/C7H8N4O2.C2H5NO2/c1-10-3-8-5-4(10)6(12)9-7(13)11(5)2;3-1-2(4)5/h3H,1-2H3,(H,9,12,13);1,3H2,(H,4,5). The maximum absolute atomic E-state index is 11.3. The molecule has 9 heteroatoms. The van der Waals surface area contributed by atoms with Crippen molar-refractivity contribution < 1.29 is 9.90 Å². The highest BCUT2D eigenvalue weighted by Crippen LogP contribution is 2.00. The molecule has 4 N–H and O–H groups in total. The Hall–Kier alpha value is -2.42. The Morgan fingerprint density at radius 3 is 2.56 bits per heavy atom. The van der Waals surface area contributed by atoms with Crippen molar-refractivity contribution in [2.24, 2.45) is 19.8 Å². The Bertz CT molecular complexity index is 680. The highest BCUT2D eigenvalue weighted by molar-refractivity contribution is 5.69. The van der Waals surface area contributed by atoms with Crippen LogP contribution in [0.4, 0.5) is 0 Å². The number of H-pyrrole nitrogens is 1. The van der Waals surface area contributed by atoms with Gasteiger partial charge in [-0.25, -0.2) is 9.78 Å². The number of nitrogens with one attached hydrogen (secondary N) is 1. The molecule has 2 aromatic heterocycles. The van der Waals surface area contributed by atoms with Crippen LogP contribution in [0.25, 0.3) is 11.2 Å². The zero-order valence-electron chi connectivity index (χ0n) is 9.88. The summed E-state index contributed by atoms with van der Waals surface area (Å²) >= 11 is 0. The number of aromatic amines is 1. The fourth-order valence-electron chi connectivity index (χ4n) is 1.26. The van der Waals surface area contributed by atoms with E-state index in [4.69, 9.17) is 5.11 Å². The highest BCUT2D eigenvalue weighted by atomic mass is 16.4. The lowest BCUT2D eigenvalue weighted by Gasteiger charge is -1.97. The number of carbonyl (C=O) groups is 1. The number of rotatable bonds is 1. The van der Waals surface area contributed by atoms with E-state index in [9.17, 15) is 14.4 Å². The molecule has 9 nitrogen and oxygen atoms in total. The van der Waals surface area contributed by atoms with Crippen LogP contribution in [0.15, 0.2) is 15.9 Å². The quantitative estimate of drug-likeness (QED) is 0.538. The first-order valence-corrected chi connectivity index (χ1v) is 4.90. The van der Waals surface area contributed by atoms with E-state index in [-0.39, 0.29) is 6.54 Å². The van der Waals surface area contributed by atoms with Gasteiger partial charge < -0.3 is 15.4 Å². The molecule has 0 aliphatic rings. The van der Waals surface area contributed by atoms with E-state index in [0.717, 1.165) is 0 Å². The molecule has 0 radical (unpaired) electrons. The lowest BCUT2D eigenvalue weighted by molar-refractivity contribution is -0.135. The van der Waals surface area contributed by atoms with E-state index in [2.05, 4.69) is 15.7 Å². The number of nitrogens with two attached hydrogens (primary N) is 1. The van der Waals surface area contributed by atoms with Gasteiger partial charge in [-0.15, -0.1) is 0 Å². The first-order valence-electron chi connectivity index (χ1n) is 4.90. The first kappa shape index (κ1) is 13.6. The van der Waals surface area contributed by atoms with E-state index >= 15 is 0 Å². The van der Waals surface area contributed by atoms with Crippen LogP contribution in [0.3, 0.4) is 0 Å². The minimum Gasteiger partial charge on any atom is -0.480 e. The van der Waals surface area contributed by atoms with Crippen molar-refractivity contribution >= 4 is 17.1 Å². The molecular formula is C9H13N5O4. The van der Waals surface area contributed by atoms with Gasteiger partial charge in [0, 0.05) is 14.1 Å². The number of carboxylic acid groups (broad SMARTS) is 1. The molecule has 2 aromatic rings. The molecule has 0 unspecified atom stereocenters. The van der Waals surface area contributed by atoms with Crippen LogP contribution in [0, 0.1) is 0 Å². The van der Waals surface area contributed by atoms with Gasteiger partial charge >= 0.3 is 11.7 Å². The average molecular weight is 255 g/mol. The topological polar surface area (TPSA) is 136 Å². The molecule has 0 aromatic carbocycles. The van der Waals surface area contributed by atoms with Crippen molar-refractivity contribution in [3.05, 3.63) is 27.2 Å². The van der Waals surface area contributed by atoms with Gasteiger partial charge in [0.15, 0.2) is 11.2 Å². The molecule has 2 rings (SSSR count). The summed E-state index contributed by atoms with van der Waals surface area (Å²) in [5, 5.41) is 7.60. The lowest BCUT2D eigenvalue weighted by atomic mass is 10.5. The van der Waals surface area contributed by atoms with Crippen LogP contribution < -0.4 is 17.0 Å². The zero-order valence-corrected chi connectivity index (χ0v) is 9.88. The van der Waals surface area contributed by atoms with Gasteiger partial charge in [-0.2, -0.15) is 0 Å². The summed E-state index contributed by atoms with van der Waals surface area (Å²) in [5.74, 6) is -0.968. The Labute approximate surface area is 100 Å². The number of aliphatic carboxylic acids is 1. The van der Waals surface area contributed by atoms with Crippen LogP contribution in [-0.2, 0) is 18.9 Å². The number of aromatic nitrogens is 4. The van der Waals surface area contributed by atoms with Crippen molar-refractivity contribution in [2.75, 3.05) is 6.54 Å². The SMILES string of the molecule is Cn1cnc2c1c(=O)[nH]c(=O)n2C.NCC(=O)O. The van der Waals surface area contributed by atoms with Crippen molar-refractivity contribution in [1.82, 2.24) is 19.1 Å². The predicted molar refractivity (Wildman–Crippen MR) is 63.3 cm³/mol. The summed E-state index contributed by atoms with van der Waals surface area (Å²) in [6.45, 7) is -0.278. The average Bonchev–Trinajstić information content (AvgIpc) is 2.70. The number of fused-ring (bicyclic) bond motifs is 1. The number of hydrogen-bond donors (Lipinski definition) is 3. The Kier molecular flexibility index (Phi) is 4.00. The molecule has 0 saturated carbocycles. The summed E-state index contributed by atoms with van der Waals surface area (Å²) in [5.41, 5.74) is 4.52. The van der Waals surface area contributed by atoms with E-state index in [1.54, 1.807) is 18.7 Å². The van der Waals surface area contributed by atoms with Crippen LogP contribution in [0.2, 0.25) is 0 Å². The van der Waals surface area contributed by atoms with Crippen molar-refractivity contribution in [1.29, 1.82) is 0 Å². The summed E-state index contributed by atoms with van der Waals surface area (Å²) in [6.07, 6.45) is 1.50. The van der Waals surface area contributed by atoms with E-state index in [0.29, 0.717) is 11.2 Å². The van der Waals surface area contributed by atoms with Crippen LogP contribution in [0.1, 0.15) is 0 Å². The van der Waals surface area contributed by atoms with Gasteiger partial charge in [0.1, 0.15) is 0 Å². The molecule has 98 valence electrons. The smallest absolute Gasteiger partial charge is 0.329 e. The third kappa shape index (κ3) is 2.63. The third-order valence-electron chi connectivity index (χ3n) is 2.15. The first-order chi connectivity index (χ1) is 8.38. The summed E-state index contributed by atoms with van der Waals surface area (Å²) < 4.78 is 2.88. The molecule has 0 spiro atoms. The number of nitrogens with zero attached hydrogens (tertiary/aromatic N) is 3.